The molecule has 0 unspecified atom stereocenters. The van der Waals surface area contributed by atoms with Gasteiger partial charge in [0.25, 0.3) is 0 Å². The Morgan fingerprint density at radius 1 is 0.297 bits per heavy atom. The topological polar surface area (TPSA) is 3.24 Å². The van der Waals surface area contributed by atoms with Gasteiger partial charge in [0.15, 0.2) is 0 Å². The van der Waals surface area contributed by atoms with Crippen molar-refractivity contribution in [1.82, 2.24) is 0 Å². The first-order chi connectivity index (χ1) is 31.7. The number of hydrogen-bond acceptors (Lipinski definition) is 2. The molecular formula is C62H41NS. The number of anilines is 3. The molecule has 0 amide bonds. The van der Waals surface area contributed by atoms with Crippen LogP contribution in [0.2, 0.25) is 0 Å². The van der Waals surface area contributed by atoms with Gasteiger partial charge in [-0.15, -0.1) is 11.3 Å². The van der Waals surface area contributed by atoms with E-state index < -0.39 is 0 Å². The van der Waals surface area contributed by atoms with E-state index in [9.17, 15) is 0 Å². The van der Waals surface area contributed by atoms with Gasteiger partial charge in [0.05, 0.1) is 0 Å². The Kier molecular flexibility index (Phi) is 9.43. The van der Waals surface area contributed by atoms with E-state index in [1.54, 1.807) is 0 Å². The summed E-state index contributed by atoms with van der Waals surface area (Å²) in [4.78, 5) is 2.33. The normalized spacial score (nSPS) is 11.7. The Hall–Kier alpha value is -8.04. The lowest BCUT2D eigenvalue weighted by molar-refractivity contribution is 1.29. The van der Waals surface area contributed by atoms with Crippen LogP contribution in [0, 0.1) is 0 Å². The highest BCUT2D eigenvalue weighted by atomic mass is 32.1. The zero-order valence-electron chi connectivity index (χ0n) is 35.0. The van der Waals surface area contributed by atoms with Crippen molar-refractivity contribution >= 4 is 93.0 Å². The van der Waals surface area contributed by atoms with Crippen molar-refractivity contribution in [1.29, 1.82) is 0 Å². The summed E-state index contributed by atoms with van der Waals surface area (Å²) in [6.07, 6.45) is 4.48. The van der Waals surface area contributed by atoms with Gasteiger partial charge in [-0.05, 0) is 125 Å². The first-order valence-corrected chi connectivity index (χ1v) is 22.7. The maximum absolute atomic E-state index is 2.44. The number of benzene rings is 11. The summed E-state index contributed by atoms with van der Waals surface area (Å²) in [5.41, 5.74) is 13.1. The summed E-state index contributed by atoms with van der Waals surface area (Å²) in [6.45, 7) is 0. The van der Waals surface area contributed by atoms with Gasteiger partial charge in [0, 0.05) is 37.2 Å². The van der Waals surface area contributed by atoms with Gasteiger partial charge in [0.1, 0.15) is 0 Å². The van der Waals surface area contributed by atoms with E-state index in [-0.39, 0.29) is 0 Å². The Morgan fingerprint density at radius 2 is 0.766 bits per heavy atom. The van der Waals surface area contributed by atoms with E-state index in [1.165, 1.54) is 91.4 Å². The molecule has 12 aromatic rings. The largest absolute Gasteiger partial charge is 0.310 e. The number of nitrogens with zero attached hydrogens (tertiary/aromatic N) is 1. The van der Waals surface area contributed by atoms with Gasteiger partial charge >= 0.3 is 0 Å². The molecular weight excluding hydrogens is 791 g/mol. The fourth-order valence-electron chi connectivity index (χ4n) is 9.67. The zero-order valence-corrected chi connectivity index (χ0v) is 35.8. The molecule has 0 atom stereocenters. The van der Waals surface area contributed by atoms with Crippen LogP contribution < -0.4 is 4.90 Å². The molecule has 300 valence electrons. The Labute approximate surface area is 377 Å². The Morgan fingerprint density at radius 3 is 1.39 bits per heavy atom. The monoisotopic (exact) mass is 831 g/mol. The maximum atomic E-state index is 2.44. The molecule has 0 spiro atoms. The zero-order chi connectivity index (χ0) is 42.4. The van der Waals surface area contributed by atoms with Crippen LogP contribution in [0.3, 0.4) is 0 Å². The van der Waals surface area contributed by atoms with E-state index in [1.807, 2.05) is 11.3 Å². The fraction of sp³-hybridized carbons (Fsp3) is 0. The lowest BCUT2D eigenvalue weighted by Crippen LogP contribution is -2.09. The van der Waals surface area contributed by atoms with Crippen LogP contribution in [-0.4, -0.2) is 0 Å². The number of thiophene rings is 1. The van der Waals surface area contributed by atoms with Crippen molar-refractivity contribution in [3.05, 3.63) is 248 Å². The van der Waals surface area contributed by atoms with Gasteiger partial charge < -0.3 is 4.90 Å². The fourth-order valence-corrected chi connectivity index (χ4v) is 10.9. The minimum absolute atomic E-state index is 1.14. The van der Waals surface area contributed by atoms with E-state index >= 15 is 0 Å². The number of fused-ring (bicyclic) bond motifs is 9. The quantitative estimate of drug-likeness (QED) is 0.109. The van der Waals surface area contributed by atoms with Gasteiger partial charge in [-0.3, -0.25) is 0 Å². The van der Waals surface area contributed by atoms with Gasteiger partial charge in [-0.1, -0.05) is 200 Å². The van der Waals surface area contributed by atoms with Crippen molar-refractivity contribution in [2.75, 3.05) is 4.90 Å². The SMILES string of the molecule is C(=C\c1ccc2c(c1)sc1cc(N(c3ccccc3)c3ccccc3)ccc12)/c1ccc(-c2cc(-c3ccccc3)c3c4ccccc4c4ccccc4c3c2-c2ccccc2)cc1. The molecule has 0 saturated heterocycles. The summed E-state index contributed by atoms with van der Waals surface area (Å²) in [7, 11) is 0. The summed E-state index contributed by atoms with van der Waals surface area (Å²) in [5.74, 6) is 0. The highest BCUT2D eigenvalue weighted by Gasteiger charge is 2.21. The number of hydrogen-bond donors (Lipinski definition) is 0. The summed E-state index contributed by atoms with van der Waals surface area (Å²) < 4.78 is 2.57. The van der Waals surface area contributed by atoms with Crippen molar-refractivity contribution in [2.45, 2.75) is 0 Å². The third-order valence-electron chi connectivity index (χ3n) is 12.6. The molecule has 11 aromatic carbocycles. The smallest absolute Gasteiger partial charge is 0.0476 e. The summed E-state index contributed by atoms with van der Waals surface area (Å²) in [6, 6.07) is 86.2. The van der Waals surface area contributed by atoms with E-state index in [4.69, 9.17) is 0 Å². The average molecular weight is 832 g/mol. The molecule has 0 radical (unpaired) electrons. The lowest BCUT2D eigenvalue weighted by Gasteiger charge is -2.25. The van der Waals surface area contributed by atoms with Gasteiger partial charge in [-0.25, -0.2) is 0 Å². The van der Waals surface area contributed by atoms with Crippen LogP contribution in [0.15, 0.2) is 237 Å². The Bertz CT molecular complexity index is 3640. The second-order valence-corrected chi connectivity index (χ2v) is 17.5. The molecule has 0 aliphatic carbocycles. The van der Waals surface area contributed by atoms with Crippen LogP contribution in [0.5, 0.6) is 0 Å². The highest BCUT2D eigenvalue weighted by Crippen LogP contribution is 2.49. The van der Waals surface area contributed by atoms with Gasteiger partial charge in [-0.2, -0.15) is 0 Å². The molecule has 64 heavy (non-hydrogen) atoms. The number of rotatable bonds is 8. The molecule has 0 N–H and O–H groups in total. The molecule has 2 heteroatoms. The summed E-state index contributed by atoms with van der Waals surface area (Å²) in [5, 5.41) is 10.3. The highest BCUT2D eigenvalue weighted by molar-refractivity contribution is 7.25. The predicted octanol–water partition coefficient (Wildman–Crippen LogP) is 18.2. The van der Waals surface area contributed by atoms with E-state index in [2.05, 4.69) is 254 Å². The predicted molar refractivity (Wildman–Crippen MR) is 278 cm³/mol. The lowest BCUT2D eigenvalue weighted by atomic mass is 9.81. The van der Waals surface area contributed by atoms with Crippen LogP contribution in [0.4, 0.5) is 17.1 Å². The third-order valence-corrected chi connectivity index (χ3v) is 13.7. The van der Waals surface area contributed by atoms with Crippen LogP contribution in [-0.2, 0) is 0 Å². The molecule has 1 aromatic heterocycles. The van der Waals surface area contributed by atoms with Crippen molar-refractivity contribution in [3.63, 3.8) is 0 Å². The Balaban J connectivity index is 0.937. The molecule has 1 nitrogen and oxygen atoms in total. The third kappa shape index (κ3) is 6.64. The van der Waals surface area contributed by atoms with Crippen molar-refractivity contribution in [3.8, 4) is 33.4 Å². The van der Waals surface area contributed by atoms with Gasteiger partial charge in [0.2, 0.25) is 0 Å². The summed E-state index contributed by atoms with van der Waals surface area (Å²) >= 11 is 1.86. The van der Waals surface area contributed by atoms with Crippen LogP contribution in [0.1, 0.15) is 11.1 Å². The maximum Gasteiger partial charge on any atom is 0.0476 e. The first-order valence-electron chi connectivity index (χ1n) is 21.9. The van der Waals surface area contributed by atoms with Crippen molar-refractivity contribution in [2.24, 2.45) is 0 Å². The minimum Gasteiger partial charge on any atom is -0.310 e. The molecule has 0 bridgehead atoms. The van der Waals surface area contributed by atoms with Crippen LogP contribution in [0.25, 0.3) is 98.0 Å². The second-order valence-electron chi connectivity index (χ2n) is 16.4. The van der Waals surface area contributed by atoms with E-state index in [0.29, 0.717) is 0 Å². The standard InChI is InChI=1S/C62H41NS/c1-5-17-44(18-6-1)57-41-56(60(46-19-7-2-8-20-46)62-55-28-16-14-26-51(55)50-25-13-15-27-54(50)61(57)62)45-34-31-42(32-35-45)29-30-43-33-37-52-53-38-36-49(40-59(53)64-58(52)39-43)63(47-21-9-3-10-22-47)48-23-11-4-12-24-48/h1-41H/b30-29+. The van der Waals surface area contributed by atoms with Crippen LogP contribution >= 0.6 is 11.3 Å². The molecule has 1 heterocycles. The first kappa shape index (κ1) is 37.7. The van der Waals surface area contributed by atoms with Crippen molar-refractivity contribution < 1.29 is 0 Å². The molecule has 12 rings (SSSR count). The molecule has 0 fully saturated rings. The van der Waals surface area contributed by atoms with E-state index in [0.717, 1.165) is 22.6 Å². The molecule has 0 aliphatic rings. The average Bonchev–Trinajstić information content (AvgIpc) is 3.74. The number of para-hydroxylation sites is 2. The second kappa shape index (κ2) is 16.0. The molecule has 0 saturated carbocycles. The molecule has 0 aliphatic heterocycles. The minimum atomic E-state index is 1.14.